The molecule has 1 aromatic carbocycles. The van der Waals surface area contributed by atoms with Crippen molar-refractivity contribution in [3.8, 4) is 0 Å². The SMILES string of the molecule is Cc1ccc(F)c(NC(=O)c2cn(CCN)nn2)c1F. The molecule has 0 unspecified atom stereocenters. The van der Waals surface area contributed by atoms with E-state index in [0.717, 1.165) is 6.07 Å². The molecule has 0 fully saturated rings. The number of carbonyl (C=O) groups is 1. The first-order valence-corrected chi connectivity index (χ1v) is 5.89. The number of anilines is 1. The number of halogens is 2. The summed E-state index contributed by atoms with van der Waals surface area (Å²) in [5.74, 6) is -2.40. The van der Waals surface area contributed by atoms with Gasteiger partial charge in [0.25, 0.3) is 5.91 Å². The van der Waals surface area contributed by atoms with Gasteiger partial charge in [-0.3, -0.25) is 9.48 Å². The topological polar surface area (TPSA) is 85.8 Å². The predicted octanol–water partition coefficient (Wildman–Crippen LogP) is 1.08. The van der Waals surface area contributed by atoms with Gasteiger partial charge in [0.1, 0.15) is 11.5 Å². The highest BCUT2D eigenvalue weighted by Gasteiger charge is 2.17. The van der Waals surface area contributed by atoms with Crippen LogP contribution >= 0.6 is 0 Å². The molecule has 6 nitrogen and oxygen atoms in total. The molecule has 0 saturated heterocycles. The standard InChI is InChI=1S/C12H13F2N5O/c1-7-2-3-8(13)11(10(7)14)16-12(20)9-6-19(5-4-15)18-17-9/h2-3,6H,4-5,15H2,1H3,(H,16,20). The Kier molecular flexibility index (Phi) is 4.04. The van der Waals surface area contributed by atoms with Crippen LogP contribution in [0.3, 0.4) is 0 Å². The molecule has 20 heavy (non-hydrogen) atoms. The van der Waals surface area contributed by atoms with E-state index in [9.17, 15) is 13.6 Å². The number of nitrogens with zero attached hydrogens (tertiary/aromatic N) is 3. The van der Waals surface area contributed by atoms with Gasteiger partial charge in [0.2, 0.25) is 0 Å². The minimum Gasteiger partial charge on any atom is -0.329 e. The number of hydrogen-bond acceptors (Lipinski definition) is 4. The first-order valence-electron chi connectivity index (χ1n) is 5.89. The zero-order valence-corrected chi connectivity index (χ0v) is 10.7. The lowest BCUT2D eigenvalue weighted by molar-refractivity contribution is 0.102. The fourth-order valence-electron chi connectivity index (χ4n) is 1.59. The monoisotopic (exact) mass is 281 g/mol. The normalized spacial score (nSPS) is 10.6. The van der Waals surface area contributed by atoms with Crippen molar-refractivity contribution < 1.29 is 13.6 Å². The molecular weight excluding hydrogens is 268 g/mol. The molecule has 1 aromatic heterocycles. The fraction of sp³-hybridized carbons (Fsp3) is 0.250. The van der Waals surface area contributed by atoms with Crippen LogP contribution in [-0.2, 0) is 6.54 Å². The number of amides is 1. The number of hydrogen-bond donors (Lipinski definition) is 2. The van der Waals surface area contributed by atoms with Gasteiger partial charge in [0.15, 0.2) is 11.5 Å². The maximum atomic E-state index is 13.8. The third kappa shape index (κ3) is 2.80. The van der Waals surface area contributed by atoms with Crippen LogP contribution in [0.2, 0.25) is 0 Å². The third-order valence-electron chi connectivity index (χ3n) is 2.65. The van der Waals surface area contributed by atoms with Crippen molar-refractivity contribution in [2.24, 2.45) is 5.73 Å². The van der Waals surface area contributed by atoms with Crippen LogP contribution in [0, 0.1) is 18.6 Å². The van der Waals surface area contributed by atoms with Gasteiger partial charge in [0.05, 0.1) is 12.7 Å². The van der Waals surface area contributed by atoms with Gasteiger partial charge in [0, 0.05) is 6.54 Å². The molecule has 0 aliphatic rings. The van der Waals surface area contributed by atoms with E-state index in [1.807, 2.05) is 0 Å². The summed E-state index contributed by atoms with van der Waals surface area (Å²) < 4.78 is 28.6. The van der Waals surface area contributed by atoms with E-state index in [1.165, 1.54) is 23.9 Å². The second-order valence-corrected chi connectivity index (χ2v) is 4.16. The Bertz CT molecular complexity index is 641. The quantitative estimate of drug-likeness (QED) is 0.878. The zero-order chi connectivity index (χ0) is 14.7. The minimum absolute atomic E-state index is 0.0428. The van der Waals surface area contributed by atoms with Gasteiger partial charge in [-0.15, -0.1) is 5.10 Å². The summed E-state index contributed by atoms with van der Waals surface area (Å²) >= 11 is 0. The third-order valence-corrected chi connectivity index (χ3v) is 2.65. The predicted molar refractivity (Wildman–Crippen MR) is 68.1 cm³/mol. The van der Waals surface area contributed by atoms with Crippen molar-refractivity contribution in [3.63, 3.8) is 0 Å². The first-order chi connectivity index (χ1) is 9.52. The molecule has 8 heteroatoms. The van der Waals surface area contributed by atoms with Gasteiger partial charge in [-0.25, -0.2) is 8.78 Å². The van der Waals surface area contributed by atoms with E-state index in [4.69, 9.17) is 5.73 Å². The number of aryl methyl sites for hydroxylation is 1. The van der Waals surface area contributed by atoms with Crippen molar-refractivity contribution in [3.05, 3.63) is 41.2 Å². The molecule has 2 rings (SSSR count). The largest absolute Gasteiger partial charge is 0.329 e. The van der Waals surface area contributed by atoms with E-state index in [0.29, 0.717) is 13.1 Å². The lowest BCUT2D eigenvalue weighted by Crippen LogP contribution is -2.15. The second kappa shape index (κ2) is 5.74. The molecule has 0 radical (unpaired) electrons. The number of nitrogens with two attached hydrogens (primary N) is 1. The number of aromatic nitrogens is 3. The molecule has 0 aliphatic carbocycles. The van der Waals surface area contributed by atoms with Gasteiger partial charge in [-0.05, 0) is 18.6 Å². The maximum absolute atomic E-state index is 13.8. The van der Waals surface area contributed by atoms with E-state index in [2.05, 4.69) is 15.6 Å². The summed E-state index contributed by atoms with van der Waals surface area (Å²) in [6.07, 6.45) is 1.35. The molecule has 3 N–H and O–H groups in total. The molecule has 1 amide bonds. The van der Waals surface area contributed by atoms with E-state index < -0.39 is 23.2 Å². The zero-order valence-electron chi connectivity index (χ0n) is 10.7. The maximum Gasteiger partial charge on any atom is 0.277 e. The molecule has 1 heterocycles. The number of nitrogens with one attached hydrogen (secondary N) is 1. The van der Waals surface area contributed by atoms with Crippen molar-refractivity contribution in [2.75, 3.05) is 11.9 Å². The Morgan fingerprint density at radius 1 is 1.45 bits per heavy atom. The second-order valence-electron chi connectivity index (χ2n) is 4.16. The van der Waals surface area contributed by atoms with Crippen LogP contribution in [-0.4, -0.2) is 27.4 Å². The Morgan fingerprint density at radius 3 is 2.90 bits per heavy atom. The molecular formula is C12H13F2N5O. The van der Waals surface area contributed by atoms with E-state index >= 15 is 0 Å². The van der Waals surface area contributed by atoms with Crippen molar-refractivity contribution in [2.45, 2.75) is 13.5 Å². The van der Waals surface area contributed by atoms with Gasteiger partial charge in [-0.2, -0.15) is 0 Å². The average molecular weight is 281 g/mol. The molecule has 2 aromatic rings. The van der Waals surface area contributed by atoms with Crippen molar-refractivity contribution in [1.82, 2.24) is 15.0 Å². The van der Waals surface area contributed by atoms with Crippen molar-refractivity contribution in [1.29, 1.82) is 0 Å². The first kappa shape index (κ1) is 14.1. The highest BCUT2D eigenvalue weighted by molar-refractivity contribution is 6.02. The Hall–Kier alpha value is -2.35. The lowest BCUT2D eigenvalue weighted by atomic mass is 10.2. The molecule has 0 saturated carbocycles. The van der Waals surface area contributed by atoms with Crippen molar-refractivity contribution >= 4 is 11.6 Å². The van der Waals surface area contributed by atoms with Gasteiger partial charge >= 0.3 is 0 Å². The van der Waals surface area contributed by atoms with Crippen LogP contribution in [0.15, 0.2) is 18.3 Å². The summed E-state index contributed by atoms with van der Waals surface area (Å²) in [6.45, 7) is 2.21. The summed E-state index contributed by atoms with van der Waals surface area (Å²) in [5, 5.41) is 9.44. The smallest absolute Gasteiger partial charge is 0.277 e. The Labute approximate surface area is 113 Å². The van der Waals surface area contributed by atoms with Crippen LogP contribution in [0.25, 0.3) is 0 Å². The summed E-state index contributed by atoms with van der Waals surface area (Å²) in [4.78, 5) is 11.9. The van der Waals surface area contributed by atoms with Crippen LogP contribution in [0.5, 0.6) is 0 Å². The molecule has 106 valence electrons. The average Bonchev–Trinajstić information content (AvgIpc) is 2.88. The summed E-state index contributed by atoms with van der Waals surface area (Å²) in [6, 6.07) is 2.37. The number of rotatable bonds is 4. The Morgan fingerprint density at radius 2 is 2.20 bits per heavy atom. The molecule has 0 bridgehead atoms. The molecule has 0 aliphatic heterocycles. The summed E-state index contributed by atoms with van der Waals surface area (Å²) in [7, 11) is 0. The van der Waals surface area contributed by atoms with Crippen LogP contribution in [0.4, 0.5) is 14.5 Å². The molecule has 0 atom stereocenters. The van der Waals surface area contributed by atoms with E-state index in [-0.39, 0.29) is 11.3 Å². The highest BCUT2D eigenvalue weighted by atomic mass is 19.1. The Balaban J connectivity index is 2.21. The van der Waals surface area contributed by atoms with E-state index in [1.54, 1.807) is 0 Å². The van der Waals surface area contributed by atoms with Gasteiger partial charge < -0.3 is 11.1 Å². The number of carbonyl (C=O) groups excluding carboxylic acids is 1. The van der Waals surface area contributed by atoms with Crippen LogP contribution in [0.1, 0.15) is 16.1 Å². The van der Waals surface area contributed by atoms with Gasteiger partial charge in [-0.1, -0.05) is 11.3 Å². The highest BCUT2D eigenvalue weighted by Crippen LogP contribution is 2.22. The van der Waals surface area contributed by atoms with Crippen LogP contribution < -0.4 is 11.1 Å². The minimum atomic E-state index is -0.851. The lowest BCUT2D eigenvalue weighted by Gasteiger charge is -2.07. The number of benzene rings is 1. The fourth-order valence-corrected chi connectivity index (χ4v) is 1.59. The summed E-state index contributed by atoms with van der Waals surface area (Å²) in [5.41, 5.74) is 5.03. The molecule has 0 spiro atoms.